The van der Waals surface area contributed by atoms with E-state index in [0.29, 0.717) is 30.5 Å². The lowest BCUT2D eigenvalue weighted by atomic mass is 10.0. The minimum absolute atomic E-state index is 0.000838. The number of phosphoric acid groups is 3. The first-order valence-electron chi connectivity index (χ1n) is 20.6. The number of carbonyl (C=O) groups excluding carboxylic acids is 3. The molecule has 2 aromatic heterocycles. The number of unbranched alkanes of at least 4 members (excludes halogenated alkanes) is 1. The Morgan fingerprint density at radius 3 is 2.41 bits per heavy atom. The molecule has 69 heavy (non-hydrogen) atoms. The van der Waals surface area contributed by atoms with Crippen molar-refractivity contribution < 1.29 is 75.0 Å². The molecule has 9 N–H and O–H groups in total. The summed E-state index contributed by atoms with van der Waals surface area (Å²) in [6.07, 6.45) is -0.398. The average molecular weight is 1060 g/mol. The predicted octanol–water partition coefficient (Wildman–Crippen LogP) is 6.14. The van der Waals surface area contributed by atoms with Gasteiger partial charge in [-0.3, -0.25) is 9.32 Å². The van der Waals surface area contributed by atoms with E-state index in [2.05, 4.69) is 45.8 Å². The molecule has 3 heterocycles. The first-order chi connectivity index (χ1) is 32.7. The maximum absolute atomic E-state index is 13.7. The molecule has 1 aliphatic rings. The predicted molar refractivity (Wildman–Crippen MR) is 251 cm³/mol. The largest absolute Gasteiger partial charge is 0.490 e. The van der Waals surface area contributed by atoms with Crippen molar-refractivity contribution in [3.05, 3.63) is 99.3 Å². The number of nitrogens with two attached hydrogens (primary N) is 2. The van der Waals surface area contributed by atoms with Crippen LogP contribution >= 0.6 is 45.1 Å². The van der Waals surface area contributed by atoms with Crippen LogP contribution in [0.25, 0.3) is 21.5 Å². The van der Waals surface area contributed by atoms with E-state index >= 15 is 0 Å². The molecule has 1 saturated heterocycles. The SMILES string of the molecule is CC(N=[N+]=[N-])c1ccccc1C(=O)OC1C[C@H](n2cc(C#CCNC(=O)CCCCOC(=O)c3ccccc3C(C)SSCCN)c3c(N)ncnc32)O[C@@H]1COP(=O)(O)OP(=O)(O)OP(=O)(O)O. The van der Waals surface area contributed by atoms with Crippen LogP contribution in [0, 0.1) is 11.8 Å². The molecule has 7 atom stereocenters. The van der Waals surface area contributed by atoms with Gasteiger partial charge in [-0.05, 0) is 48.6 Å². The van der Waals surface area contributed by atoms with E-state index in [-0.39, 0.29) is 65.1 Å². The number of carbonyl (C=O) groups is 3. The van der Waals surface area contributed by atoms with Gasteiger partial charge in [0.25, 0.3) is 0 Å². The highest BCUT2D eigenvalue weighted by molar-refractivity contribution is 8.76. The fourth-order valence-electron chi connectivity index (χ4n) is 6.71. The van der Waals surface area contributed by atoms with Gasteiger partial charge in [0.05, 0.1) is 47.9 Å². The first kappa shape index (κ1) is 55.1. The van der Waals surface area contributed by atoms with Crippen LogP contribution in [-0.4, -0.2) is 96.2 Å². The van der Waals surface area contributed by atoms with Gasteiger partial charge in [0.2, 0.25) is 5.91 Å². The number of nitrogens with one attached hydrogen (secondary N) is 1. The van der Waals surface area contributed by atoms with Crippen molar-refractivity contribution in [1.29, 1.82) is 0 Å². The molecule has 2 aromatic carbocycles. The van der Waals surface area contributed by atoms with Gasteiger partial charge in [-0.15, -0.1) is 0 Å². The number of hydrogen-bond donors (Lipinski definition) is 7. The van der Waals surface area contributed by atoms with Gasteiger partial charge < -0.3 is 55.1 Å². The summed E-state index contributed by atoms with van der Waals surface area (Å²) < 4.78 is 67.2. The standard InChI is InChI=1S/C39H48N9O16P3S2/c1-24(46-47-42)27-11-3-5-13-29(27)39(51)62-31-20-34(61-32(31)22-60-66(55,56)64-67(57,58)63-65(52,53)54)48-21-26(35-36(41)44-23-45-37(35)48)10-9-17-43-33(49)15-7-8-18-59-38(50)30-14-6-4-12-28(30)25(2)69-68-19-16-40/h3-6,11-14,21,23-25,31-32,34H,7-8,15-20,22,40H2,1-2H3,(H,43,49)(H,55,56)(H,57,58)(H2,41,44,45)(H2,52,53,54)/t24?,25?,31?,32-,34-/m1/s1. The van der Waals surface area contributed by atoms with Crippen molar-refractivity contribution >= 4 is 79.8 Å². The molecule has 4 aromatic rings. The average Bonchev–Trinajstić information content (AvgIpc) is 3.87. The van der Waals surface area contributed by atoms with Gasteiger partial charge in [-0.25, -0.2) is 33.3 Å². The van der Waals surface area contributed by atoms with Gasteiger partial charge in [0.1, 0.15) is 36.2 Å². The Kier molecular flexibility index (Phi) is 20.2. The quantitative estimate of drug-likeness (QED) is 0.00605. The summed E-state index contributed by atoms with van der Waals surface area (Å²) in [5.74, 6) is 4.91. The zero-order chi connectivity index (χ0) is 50.4. The zero-order valence-electron chi connectivity index (χ0n) is 36.7. The number of nitrogen functional groups attached to an aromatic ring is 1. The van der Waals surface area contributed by atoms with E-state index in [9.17, 15) is 37.9 Å². The van der Waals surface area contributed by atoms with Crippen molar-refractivity contribution in [2.75, 3.05) is 37.8 Å². The van der Waals surface area contributed by atoms with Crippen molar-refractivity contribution in [2.24, 2.45) is 10.8 Å². The summed E-state index contributed by atoms with van der Waals surface area (Å²) in [7, 11) is -14.0. The number of azide groups is 1. The molecule has 5 rings (SSSR count). The second kappa shape index (κ2) is 25.3. The molecule has 30 heteroatoms. The minimum Gasteiger partial charge on any atom is -0.462 e. The first-order valence-corrected chi connectivity index (χ1v) is 27.5. The summed E-state index contributed by atoms with van der Waals surface area (Å²) in [6.45, 7) is 3.16. The smallest absolute Gasteiger partial charge is 0.462 e. The Balaban J connectivity index is 1.25. The third-order valence-electron chi connectivity index (χ3n) is 9.72. The summed E-state index contributed by atoms with van der Waals surface area (Å²) in [5, 5.41) is 6.67. The lowest BCUT2D eigenvalue weighted by molar-refractivity contribution is -0.121. The van der Waals surface area contributed by atoms with Gasteiger partial charge in [0, 0.05) is 41.5 Å². The third kappa shape index (κ3) is 16.4. The van der Waals surface area contributed by atoms with Gasteiger partial charge in [-0.2, -0.15) is 8.62 Å². The lowest BCUT2D eigenvalue weighted by Crippen LogP contribution is -2.31. The van der Waals surface area contributed by atoms with E-state index in [1.165, 1.54) is 29.0 Å². The summed E-state index contributed by atoms with van der Waals surface area (Å²) in [5.41, 5.74) is 23.0. The zero-order valence-corrected chi connectivity index (χ0v) is 41.0. The normalized spacial score (nSPS) is 18.4. The number of ether oxygens (including phenoxy) is 3. The van der Waals surface area contributed by atoms with E-state index in [0.717, 1.165) is 17.6 Å². The van der Waals surface area contributed by atoms with E-state index in [1.807, 2.05) is 19.1 Å². The molecule has 1 aliphatic heterocycles. The third-order valence-corrected chi connectivity index (χ3v) is 16.4. The molecule has 0 spiro atoms. The van der Waals surface area contributed by atoms with Gasteiger partial charge in [-0.1, -0.05) is 81.9 Å². The van der Waals surface area contributed by atoms with Crippen LogP contribution in [-0.2, 0) is 45.8 Å². The Morgan fingerprint density at radius 2 is 1.71 bits per heavy atom. The Bertz CT molecular complexity index is 2750. The highest BCUT2D eigenvalue weighted by Gasteiger charge is 2.45. The number of fused-ring (bicyclic) bond motifs is 1. The molecular weight excluding hydrogens is 1010 g/mol. The number of aromatic nitrogens is 3. The molecule has 5 unspecified atom stereocenters. The molecule has 0 radical (unpaired) electrons. The molecule has 372 valence electrons. The number of rotatable bonds is 24. The van der Waals surface area contributed by atoms with Crippen molar-refractivity contribution in [2.45, 2.75) is 69.3 Å². The highest BCUT2D eigenvalue weighted by Crippen LogP contribution is 2.66. The van der Waals surface area contributed by atoms with Crippen molar-refractivity contribution in [1.82, 2.24) is 19.9 Å². The lowest BCUT2D eigenvalue weighted by Gasteiger charge is -2.21. The maximum atomic E-state index is 13.7. The summed E-state index contributed by atoms with van der Waals surface area (Å²) in [6, 6.07) is 12.5. The van der Waals surface area contributed by atoms with E-state index < -0.39 is 66.5 Å². The number of hydrogen-bond acceptors (Lipinski definition) is 19. The van der Waals surface area contributed by atoms with Crippen LogP contribution in [0.3, 0.4) is 0 Å². The van der Waals surface area contributed by atoms with Crippen LogP contribution in [0.15, 0.2) is 66.2 Å². The molecule has 0 saturated carbocycles. The van der Waals surface area contributed by atoms with Crippen LogP contribution in [0.4, 0.5) is 5.82 Å². The maximum Gasteiger partial charge on any atom is 0.490 e. The van der Waals surface area contributed by atoms with Crippen LogP contribution in [0.1, 0.15) is 94.5 Å². The van der Waals surface area contributed by atoms with Gasteiger partial charge >= 0.3 is 35.4 Å². The van der Waals surface area contributed by atoms with E-state index in [1.54, 1.807) is 46.7 Å². The fraction of sp³-hybridized carbons (Fsp3) is 0.410. The summed E-state index contributed by atoms with van der Waals surface area (Å²) >= 11 is 0. The van der Waals surface area contributed by atoms with Crippen LogP contribution < -0.4 is 16.8 Å². The second-order valence-electron chi connectivity index (χ2n) is 14.7. The van der Waals surface area contributed by atoms with Crippen LogP contribution in [0.5, 0.6) is 0 Å². The van der Waals surface area contributed by atoms with Gasteiger partial charge in [0.15, 0.2) is 0 Å². The minimum atomic E-state index is -5.88. The van der Waals surface area contributed by atoms with Crippen LogP contribution in [0.2, 0.25) is 0 Å². The highest BCUT2D eigenvalue weighted by atomic mass is 33.1. The van der Waals surface area contributed by atoms with Crippen molar-refractivity contribution in [3.8, 4) is 11.8 Å². The molecule has 1 fully saturated rings. The Hall–Kier alpha value is -4.83. The second-order valence-corrected chi connectivity index (χ2v) is 21.9. The number of anilines is 1. The van der Waals surface area contributed by atoms with Crippen molar-refractivity contribution in [3.63, 3.8) is 0 Å². The molecule has 1 amide bonds. The number of esters is 2. The number of nitrogens with zero attached hydrogens (tertiary/aromatic N) is 6. The molecule has 0 aliphatic carbocycles. The fourth-order valence-corrected chi connectivity index (χ4v) is 12.0. The molecule has 25 nitrogen and oxygen atoms in total. The van der Waals surface area contributed by atoms with E-state index in [4.69, 9.17) is 45.5 Å². The molecule has 0 bridgehead atoms. The number of amides is 1. The monoisotopic (exact) mass is 1060 g/mol. The summed E-state index contributed by atoms with van der Waals surface area (Å²) in [4.78, 5) is 88.0. The number of benzene rings is 2. The Labute approximate surface area is 402 Å². The number of phosphoric ester groups is 1. The molecular formula is C39H48N9O16P3S2. The Morgan fingerprint density at radius 1 is 1.01 bits per heavy atom. The topological polar surface area (TPSA) is 382 Å².